The van der Waals surface area contributed by atoms with E-state index in [1.54, 1.807) is 0 Å². The predicted octanol–water partition coefficient (Wildman–Crippen LogP) is 11.2. The van der Waals surface area contributed by atoms with Gasteiger partial charge < -0.3 is 0 Å². The second kappa shape index (κ2) is 7.35. The van der Waals surface area contributed by atoms with Crippen molar-refractivity contribution in [3.63, 3.8) is 0 Å². The van der Waals surface area contributed by atoms with Crippen LogP contribution in [0.1, 0.15) is 22.3 Å². The summed E-state index contributed by atoms with van der Waals surface area (Å²) in [5, 5.41) is 16.9. The smallest absolute Gasteiger partial charge is 0.000705 e. The number of fused-ring (bicyclic) bond motifs is 12. The van der Waals surface area contributed by atoms with Crippen molar-refractivity contribution in [2.45, 2.75) is 12.8 Å². The van der Waals surface area contributed by atoms with Crippen LogP contribution in [-0.4, -0.2) is 0 Å². The van der Waals surface area contributed by atoms with E-state index in [0.717, 1.165) is 12.8 Å². The summed E-state index contributed by atoms with van der Waals surface area (Å²) in [4.78, 5) is 0. The van der Waals surface area contributed by atoms with Crippen molar-refractivity contribution in [2.24, 2.45) is 0 Å². The lowest BCUT2D eigenvalue weighted by Gasteiger charge is -2.29. The zero-order valence-corrected chi connectivity index (χ0v) is 23.0. The van der Waals surface area contributed by atoms with E-state index in [4.69, 9.17) is 0 Å². The second-order valence-corrected chi connectivity index (χ2v) is 12.3. The molecule has 0 aromatic heterocycles. The highest BCUT2D eigenvalue weighted by molar-refractivity contribution is 6.45. The molecule has 0 bridgehead atoms. The van der Waals surface area contributed by atoms with Gasteiger partial charge in [0, 0.05) is 0 Å². The number of hydrogen-bond acceptors (Lipinski definition) is 0. The highest BCUT2D eigenvalue weighted by atomic mass is 14.3. The molecule has 0 saturated heterocycles. The zero-order valence-electron chi connectivity index (χ0n) is 23.0. The minimum Gasteiger partial charge on any atom is -0.0619 e. The minimum atomic E-state index is 0.974. The van der Waals surface area contributed by atoms with Gasteiger partial charge in [-0.15, -0.1) is 0 Å². The molecule has 0 amide bonds. The zero-order chi connectivity index (χ0) is 27.1. The summed E-state index contributed by atoms with van der Waals surface area (Å²) in [6.07, 6.45) is 1.96. The molecule has 0 N–H and O–H groups in total. The van der Waals surface area contributed by atoms with Crippen LogP contribution in [0.15, 0.2) is 121 Å². The van der Waals surface area contributed by atoms with Crippen LogP contribution < -0.4 is 0 Å². The van der Waals surface area contributed by atoms with Gasteiger partial charge >= 0.3 is 0 Å². The molecule has 0 aliphatic heterocycles. The molecule has 0 radical (unpaired) electrons. The van der Waals surface area contributed by atoms with Crippen LogP contribution in [-0.2, 0) is 12.8 Å². The van der Waals surface area contributed by atoms with Crippen molar-refractivity contribution in [3.8, 4) is 22.3 Å². The van der Waals surface area contributed by atoms with Crippen molar-refractivity contribution in [1.82, 2.24) is 0 Å². The molecule has 2 aliphatic carbocycles. The minimum absolute atomic E-state index is 0.974. The molecule has 0 nitrogen and oxygen atoms in total. The number of benzene rings is 9. The Hall–Kier alpha value is -5.20. The van der Waals surface area contributed by atoms with E-state index in [9.17, 15) is 0 Å². The average Bonchev–Trinajstić information content (AvgIpc) is 3.05. The van der Waals surface area contributed by atoms with Crippen LogP contribution in [0.25, 0.3) is 86.9 Å². The first-order valence-corrected chi connectivity index (χ1v) is 15.0. The first-order valence-electron chi connectivity index (χ1n) is 15.0. The van der Waals surface area contributed by atoms with E-state index in [1.807, 2.05) is 0 Å². The van der Waals surface area contributed by atoms with E-state index in [-0.39, 0.29) is 0 Å². The van der Waals surface area contributed by atoms with Gasteiger partial charge in [-0.1, -0.05) is 121 Å². The maximum absolute atomic E-state index is 2.43. The van der Waals surface area contributed by atoms with Crippen LogP contribution in [0.5, 0.6) is 0 Å². The lowest BCUT2D eigenvalue weighted by atomic mass is 9.74. The Labute approximate surface area is 242 Å². The van der Waals surface area contributed by atoms with Crippen LogP contribution in [0.2, 0.25) is 0 Å². The Morgan fingerprint density at radius 1 is 0.286 bits per heavy atom. The topological polar surface area (TPSA) is 0 Å². The van der Waals surface area contributed by atoms with Gasteiger partial charge in [0.15, 0.2) is 0 Å². The predicted molar refractivity (Wildman–Crippen MR) is 179 cm³/mol. The maximum Gasteiger partial charge on any atom is -0.000705 e. The number of rotatable bonds is 0. The lowest BCUT2D eigenvalue weighted by molar-refractivity contribution is 1.20. The van der Waals surface area contributed by atoms with E-state index >= 15 is 0 Å². The highest BCUT2D eigenvalue weighted by Crippen LogP contribution is 2.55. The van der Waals surface area contributed by atoms with Gasteiger partial charge in [0.25, 0.3) is 0 Å². The molecule has 11 rings (SSSR count). The Kier molecular flexibility index (Phi) is 3.77. The van der Waals surface area contributed by atoms with Crippen LogP contribution in [0.4, 0.5) is 0 Å². The molecule has 0 fully saturated rings. The molecule has 0 heterocycles. The summed E-state index contributed by atoms with van der Waals surface area (Å²) < 4.78 is 0. The highest BCUT2D eigenvalue weighted by Gasteiger charge is 2.29. The van der Waals surface area contributed by atoms with E-state index in [0.29, 0.717) is 0 Å². The van der Waals surface area contributed by atoms with Crippen molar-refractivity contribution >= 4 is 64.6 Å². The van der Waals surface area contributed by atoms with Gasteiger partial charge in [-0.2, -0.15) is 0 Å². The molecular formula is C42H24. The van der Waals surface area contributed by atoms with Gasteiger partial charge in [-0.3, -0.25) is 0 Å². The van der Waals surface area contributed by atoms with Gasteiger partial charge in [0.2, 0.25) is 0 Å². The normalized spacial score (nSPS) is 13.5. The lowest BCUT2D eigenvalue weighted by Crippen LogP contribution is -2.05. The Bertz CT molecular complexity index is 2640. The largest absolute Gasteiger partial charge is 0.0619 e. The molecule has 0 spiro atoms. The quantitative estimate of drug-likeness (QED) is 0.136. The van der Waals surface area contributed by atoms with Crippen molar-refractivity contribution in [2.75, 3.05) is 0 Å². The monoisotopic (exact) mass is 528 g/mol. The van der Waals surface area contributed by atoms with Crippen LogP contribution >= 0.6 is 0 Å². The molecule has 0 atom stereocenters. The van der Waals surface area contributed by atoms with E-state index in [2.05, 4.69) is 121 Å². The van der Waals surface area contributed by atoms with Crippen molar-refractivity contribution in [3.05, 3.63) is 144 Å². The maximum atomic E-state index is 2.43. The van der Waals surface area contributed by atoms with Crippen molar-refractivity contribution < 1.29 is 0 Å². The van der Waals surface area contributed by atoms with Crippen LogP contribution in [0.3, 0.4) is 0 Å². The SMILES string of the molecule is c1ccc2c(c1)Cc1c3ccccc3c3c4c1c-2ccc4c1ccc2c4c(c5ccccc5c3c41)-c1ccccc1C2. The summed E-state index contributed by atoms with van der Waals surface area (Å²) in [6, 6.07) is 46.1. The molecule has 0 heteroatoms. The third-order valence-corrected chi connectivity index (χ3v) is 10.4. The molecule has 0 saturated carbocycles. The molecule has 42 heavy (non-hydrogen) atoms. The summed E-state index contributed by atoms with van der Waals surface area (Å²) in [5.41, 5.74) is 11.3. The van der Waals surface area contributed by atoms with Crippen LogP contribution in [0, 0.1) is 0 Å². The molecule has 9 aromatic carbocycles. The fraction of sp³-hybridized carbons (Fsp3) is 0.0476. The Morgan fingerprint density at radius 3 is 1.60 bits per heavy atom. The summed E-state index contributed by atoms with van der Waals surface area (Å²) in [6.45, 7) is 0. The second-order valence-electron chi connectivity index (χ2n) is 12.3. The Balaban J connectivity index is 1.51. The standard InChI is InChI=1S/C42H24/c1-3-11-26-24(10-1)22-35-28-13-5-6-14-29(28)41-40-34(20-19-32(26)38(35)40)33-18-17-25-21-23-9-2-4-12-27(23)37-30-15-7-8-16-31(30)42(41)39(33)36(25)37/h1-20H,21-22H2. The molecular weight excluding hydrogens is 504 g/mol. The first kappa shape index (κ1) is 21.5. The third-order valence-electron chi connectivity index (χ3n) is 10.4. The summed E-state index contributed by atoms with van der Waals surface area (Å²) >= 11 is 0. The fourth-order valence-corrected chi connectivity index (χ4v) is 8.84. The summed E-state index contributed by atoms with van der Waals surface area (Å²) in [7, 11) is 0. The van der Waals surface area contributed by atoms with Gasteiger partial charge in [0.1, 0.15) is 0 Å². The van der Waals surface area contributed by atoms with Gasteiger partial charge in [-0.05, 0) is 122 Å². The van der Waals surface area contributed by atoms with E-state index in [1.165, 1.54) is 109 Å². The summed E-state index contributed by atoms with van der Waals surface area (Å²) in [5.74, 6) is 0. The first-order chi connectivity index (χ1) is 20.9. The molecule has 0 unspecified atom stereocenters. The molecule has 192 valence electrons. The van der Waals surface area contributed by atoms with Crippen molar-refractivity contribution in [1.29, 1.82) is 0 Å². The molecule has 9 aromatic rings. The number of hydrogen-bond donors (Lipinski definition) is 0. The molecule has 2 aliphatic rings. The van der Waals surface area contributed by atoms with E-state index < -0.39 is 0 Å². The fourth-order valence-electron chi connectivity index (χ4n) is 8.84. The Morgan fingerprint density at radius 2 is 0.810 bits per heavy atom. The van der Waals surface area contributed by atoms with Gasteiger partial charge in [-0.25, -0.2) is 0 Å². The van der Waals surface area contributed by atoms with Gasteiger partial charge in [0.05, 0.1) is 0 Å². The average molecular weight is 529 g/mol. The third kappa shape index (κ3) is 2.40.